The highest BCUT2D eigenvalue weighted by atomic mass is 79.9. The van der Waals surface area contributed by atoms with Crippen LogP contribution in [0.3, 0.4) is 0 Å². The van der Waals surface area contributed by atoms with Crippen LogP contribution in [-0.4, -0.2) is 36.2 Å². The van der Waals surface area contributed by atoms with Gasteiger partial charge in [-0.05, 0) is 51.1 Å². The van der Waals surface area contributed by atoms with E-state index in [1.54, 1.807) is 12.1 Å². The Bertz CT molecular complexity index is 944. The fourth-order valence-electron chi connectivity index (χ4n) is 2.64. The summed E-state index contributed by atoms with van der Waals surface area (Å²) in [5.41, 5.74) is 0.886. The fourth-order valence-corrected chi connectivity index (χ4v) is 3.27. The number of carboxylic acids is 1. The summed E-state index contributed by atoms with van der Waals surface area (Å²) in [6, 6.07) is 7.92. The van der Waals surface area contributed by atoms with Crippen LogP contribution in [0, 0.1) is 0 Å². The molecule has 0 atom stereocenters. The average molecular weight is 500 g/mol. The Labute approximate surface area is 188 Å². The number of anilines is 1. The highest BCUT2D eigenvalue weighted by Gasteiger charge is 2.19. The van der Waals surface area contributed by atoms with Gasteiger partial charge in [-0.2, -0.15) is 0 Å². The molecule has 1 amide bonds. The third-order valence-electron chi connectivity index (χ3n) is 3.92. The standard InChI is InChI=1S/C21H24BrClN2O5/c1-21(2,3)25-18(26)11-30-19-13(14(22)6-8-17(19)29-4)10-24-16-9-12(20(27)28)5-7-15(16)23/h5-9,24H,10-11H2,1-4H3,(H,25,26)(H,27,28). The number of rotatable bonds is 8. The van der Waals surface area contributed by atoms with Crippen LogP contribution >= 0.6 is 27.5 Å². The van der Waals surface area contributed by atoms with E-state index in [0.717, 1.165) is 4.47 Å². The molecule has 2 aromatic carbocycles. The van der Waals surface area contributed by atoms with E-state index in [-0.39, 0.29) is 30.2 Å². The van der Waals surface area contributed by atoms with E-state index in [9.17, 15) is 14.7 Å². The van der Waals surface area contributed by atoms with Crippen molar-refractivity contribution in [3.63, 3.8) is 0 Å². The molecule has 9 heteroatoms. The van der Waals surface area contributed by atoms with Gasteiger partial charge in [0.2, 0.25) is 0 Å². The van der Waals surface area contributed by atoms with E-state index in [1.165, 1.54) is 25.3 Å². The van der Waals surface area contributed by atoms with Crippen LogP contribution in [-0.2, 0) is 11.3 Å². The maximum Gasteiger partial charge on any atom is 0.335 e. The highest BCUT2D eigenvalue weighted by Crippen LogP contribution is 2.37. The summed E-state index contributed by atoms with van der Waals surface area (Å²) in [6.07, 6.45) is 0. The van der Waals surface area contributed by atoms with Crippen molar-refractivity contribution in [3.05, 3.63) is 51.0 Å². The number of aromatic carboxylic acids is 1. The number of benzene rings is 2. The third-order valence-corrected chi connectivity index (χ3v) is 4.99. The number of hydrogen-bond donors (Lipinski definition) is 3. The molecule has 162 valence electrons. The first-order chi connectivity index (χ1) is 14.0. The largest absolute Gasteiger partial charge is 0.493 e. The molecule has 0 unspecified atom stereocenters. The lowest BCUT2D eigenvalue weighted by Crippen LogP contribution is -2.43. The van der Waals surface area contributed by atoms with Crippen LogP contribution in [0.4, 0.5) is 5.69 Å². The molecule has 3 N–H and O–H groups in total. The Morgan fingerprint density at radius 2 is 1.90 bits per heavy atom. The fraction of sp³-hybridized carbons (Fsp3) is 0.333. The van der Waals surface area contributed by atoms with Gasteiger partial charge in [0.25, 0.3) is 5.91 Å². The van der Waals surface area contributed by atoms with Gasteiger partial charge in [-0.25, -0.2) is 4.79 Å². The summed E-state index contributed by atoms with van der Waals surface area (Å²) in [6.45, 7) is 5.71. The van der Waals surface area contributed by atoms with Crippen molar-refractivity contribution in [2.45, 2.75) is 32.9 Å². The third kappa shape index (κ3) is 6.53. The molecule has 7 nitrogen and oxygen atoms in total. The van der Waals surface area contributed by atoms with Crippen molar-refractivity contribution >= 4 is 45.1 Å². The van der Waals surface area contributed by atoms with Gasteiger partial charge < -0.3 is 25.2 Å². The lowest BCUT2D eigenvalue weighted by Gasteiger charge is -2.22. The average Bonchev–Trinajstić information content (AvgIpc) is 2.65. The summed E-state index contributed by atoms with van der Waals surface area (Å²) in [7, 11) is 1.51. The molecule has 0 bridgehead atoms. The van der Waals surface area contributed by atoms with Gasteiger partial charge in [-0.1, -0.05) is 27.5 Å². The molecular weight excluding hydrogens is 476 g/mol. The Balaban J connectivity index is 2.26. The SMILES string of the molecule is COc1ccc(Br)c(CNc2cc(C(=O)O)ccc2Cl)c1OCC(=O)NC(C)(C)C. The zero-order chi connectivity index (χ0) is 22.5. The van der Waals surface area contributed by atoms with E-state index < -0.39 is 5.97 Å². The molecule has 0 radical (unpaired) electrons. The minimum atomic E-state index is -1.05. The van der Waals surface area contributed by atoms with Gasteiger partial charge in [0.1, 0.15) is 0 Å². The van der Waals surface area contributed by atoms with Gasteiger partial charge in [0, 0.05) is 22.1 Å². The predicted molar refractivity (Wildman–Crippen MR) is 120 cm³/mol. The first kappa shape index (κ1) is 23.8. The molecule has 0 fully saturated rings. The van der Waals surface area contributed by atoms with Gasteiger partial charge in [0.05, 0.1) is 23.4 Å². The van der Waals surface area contributed by atoms with Crippen molar-refractivity contribution < 1.29 is 24.2 Å². The Kier molecular flexibility index (Phi) is 7.97. The zero-order valence-electron chi connectivity index (χ0n) is 17.1. The van der Waals surface area contributed by atoms with Crippen LogP contribution in [0.25, 0.3) is 0 Å². The number of nitrogens with one attached hydrogen (secondary N) is 2. The van der Waals surface area contributed by atoms with Crippen LogP contribution in [0.5, 0.6) is 11.5 Å². The van der Waals surface area contributed by atoms with Gasteiger partial charge >= 0.3 is 5.97 Å². The van der Waals surface area contributed by atoms with Crippen LogP contribution in [0.15, 0.2) is 34.8 Å². The molecule has 2 rings (SSSR count). The lowest BCUT2D eigenvalue weighted by molar-refractivity contribution is -0.124. The monoisotopic (exact) mass is 498 g/mol. The number of carbonyl (C=O) groups is 2. The van der Waals surface area contributed by atoms with Gasteiger partial charge in [-0.3, -0.25) is 4.79 Å². The second-order valence-electron chi connectivity index (χ2n) is 7.50. The summed E-state index contributed by atoms with van der Waals surface area (Å²) in [4.78, 5) is 23.4. The van der Waals surface area contributed by atoms with Gasteiger partial charge in [-0.15, -0.1) is 0 Å². The molecule has 30 heavy (non-hydrogen) atoms. The lowest BCUT2D eigenvalue weighted by atomic mass is 10.1. The van der Waals surface area contributed by atoms with Crippen molar-refractivity contribution in [2.24, 2.45) is 0 Å². The molecule has 0 spiro atoms. The van der Waals surface area contributed by atoms with Crippen LogP contribution in [0.2, 0.25) is 5.02 Å². The molecule has 0 aliphatic carbocycles. The summed E-state index contributed by atoms with van der Waals surface area (Å²) >= 11 is 9.69. The van der Waals surface area contributed by atoms with E-state index >= 15 is 0 Å². The van der Waals surface area contributed by atoms with E-state index in [4.69, 9.17) is 21.1 Å². The smallest absolute Gasteiger partial charge is 0.335 e. The molecule has 0 saturated carbocycles. The minimum Gasteiger partial charge on any atom is -0.493 e. The summed E-state index contributed by atoms with van der Waals surface area (Å²) in [5, 5.41) is 15.5. The predicted octanol–water partition coefficient (Wildman–Crippen LogP) is 4.71. The Morgan fingerprint density at radius 3 is 2.50 bits per heavy atom. The van der Waals surface area contributed by atoms with Crippen molar-refractivity contribution in [1.82, 2.24) is 5.32 Å². The van der Waals surface area contributed by atoms with Crippen molar-refractivity contribution in [3.8, 4) is 11.5 Å². The van der Waals surface area contributed by atoms with Crippen LogP contribution < -0.4 is 20.1 Å². The number of amides is 1. The second-order valence-corrected chi connectivity index (χ2v) is 8.76. The topological polar surface area (TPSA) is 96.9 Å². The molecule has 0 saturated heterocycles. The number of ether oxygens (including phenoxy) is 2. The number of hydrogen-bond acceptors (Lipinski definition) is 5. The van der Waals surface area contributed by atoms with E-state index in [2.05, 4.69) is 26.6 Å². The molecule has 2 aromatic rings. The maximum absolute atomic E-state index is 12.2. The van der Waals surface area contributed by atoms with E-state index in [0.29, 0.717) is 27.8 Å². The van der Waals surface area contributed by atoms with Gasteiger partial charge in [0.15, 0.2) is 18.1 Å². The van der Waals surface area contributed by atoms with Crippen molar-refractivity contribution in [1.29, 1.82) is 0 Å². The van der Waals surface area contributed by atoms with E-state index in [1.807, 2.05) is 20.8 Å². The number of carbonyl (C=O) groups excluding carboxylic acids is 1. The molecule has 0 aliphatic heterocycles. The van der Waals surface area contributed by atoms with Crippen molar-refractivity contribution in [2.75, 3.05) is 19.0 Å². The Morgan fingerprint density at radius 1 is 1.20 bits per heavy atom. The number of carboxylic acid groups (broad SMARTS) is 1. The molecule has 0 aromatic heterocycles. The maximum atomic E-state index is 12.2. The first-order valence-corrected chi connectivity index (χ1v) is 10.2. The normalized spacial score (nSPS) is 11.0. The zero-order valence-corrected chi connectivity index (χ0v) is 19.5. The first-order valence-electron chi connectivity index (χ1n) is 9.07. The minimum absolute atomic E-state index is 0.113. The van der Waals surface area contributed by atoms with Crippen LogP contribution in [0.1, 0.15) is 36.7 Å². The Hall–Kier alpha value is -2.45. The molecule has 0 aliphatic rings. The quantitative estimate of drug-likeness (QED) is 0.486. The molecular formula is C21H24BrClN2O5. The second kappa shape index (κ2) is 10.0. The number of halogens is 2. The summed E-state index contributed by atoms with van der Waals surface area (Å²) < 4.78 is 11.9. The number of methoxy groups -OCH3 is 1. The highest BCUT2D eigenvalue weighted by molar-refractivity contribution is 9.10. The molecule has 0 heterocycles. The summed E-state index contributed by atoms with van der Waals surface area (Å²) in [5.74, 6) is -0.454.